The zero-order valence-corrected chi connectivity index (χ0v) is 22.8. The number of aromatic nitrogens is 1. The minimum absolute atomic E-state index is 0.0156. The van der Waals surface area contributed by atoms with Crippen LogP contribution in [0.3, 0.4) is 0 Å². The maximum Gasteiger partial charge on any atom is 0.305 e. The smallest absolute Gasteiger partial charge is 0.305 e. The summed E-state index contributed by atoms with van der Waals surface area (Å²) in [5.74, 6) is -0.460. The second-order valence-electron chi connectivity index (χ2n) is 10.6. The standard InChI is InChI=1S/C30H39FN4O5/c31-11-15-40-26-6-4-22(5-7-26)24-16-25(19-33-18-24)27(17-29(37)38)34-30(39)23-2-1-14-35(20-23)28(36)8-3-21-9-12-32-13-10-21/h4-7,16,18-19,21,23,27,32H,1-3,8-15,17,20H2,(H,34,39)(H,37,38)/t23-,27+/m1/s1/i31-1. The molecule has 2 fully saturated rings. The molecule has 3 heterocycles. The largest absolute Gasteiger partial charge is 0.491 e. The Hall–Kier alpha value is -3.53. The number of hydrogen-bond donors (Lipinski definition) is 3. The van der Waals surface area contributed by atoms with Crippen molar-refractivity contribution in [3.63, 3.8) is 0 Å². The van der Waals surface area contributed by atoms with Crippen LogP contribution in [0.2, 0.25) is 0 Å². The number of benzene rings is 1. The van der Waals surface area contributed by atoms with Gasteiger partial charge in [-0.3, -0.25) is 19.4 Å². The first-order valence-electron chi connectivity index (χ1n) is 14.2. The number of nitrogens with zero attached hydrogens (tertiary/aromatic N) is 2. The van der Waals surface area contributed by atoms with Gasteiger partial charge in [-0.15, -0.1) is 0 Å². The number of halogens is 1. The number of likely N-dealkylation sites (tertiary alicyclic amines) is 1. The van der Waals surface area contributed by atoms with Crippen molar-refractivity contribution in [3.8, 4) is 16.9 Å². The lowest BCUT2D eigenvalue weighted by Crippen LogP contribution is -2.46. The second-order valence-corrected chi connectivity index (χ2v) is 10.6. The maximum atomic E-state index is 13.3. The summed E-state index contributed by atoms with van der Waals surface area (Å²) in [6.45, 7) is 2.42. The Morgan fingerprint density at radius 2 is 1.90 bits per heavy atom. The number of rotatable bonds is 12. The van der Waals surface area contributed by atoms with Gasteiger partial charge in [0.2, 0.25) is 11.8 Å². The predicted molar refractivity (Wildman–Crippen MR) is 148 cm³/mol. The summed E-state index contributed by atoms with van der Waals surface area (Å²) in [6.07, 6.45) is 7.90. The molecule has 40 heavy (non-hydrogen) atoms. The summed E-state index contributed by atoms with van der Waals surface area (Å²) in [6, 6.07) is 8.15. The summed E-state index contributed by atoms with van der Waals surface area (Å²) < 4.78 is 17.7. The number of amides is 2. The average molecular weight is 554 g/mol. The van der Waals surface area contributed by atoms with Gasteiger partial charge in [-0.25, -0.2) is 4.39 Å². The molecule has 2 saturated heterocycles. The monoisotopic (exact) mass is 553 g/mol. The van der Waals surface area contributed by atoms with Crippen LogP contribution >= 0.6 is 0 Å². The van der Waals surface area contributed by atoms with Gasteiger partial charge in [-0.2, -0.15) is 0 Å². The predicted octanol–water partition coefficient (Wildman–Crippen LogP) is 3.75. The van der Waals surface area contributed by atoms with E-state index in [1.54, 1.807) is 29.4 Å². The van der Waals surface area contributed by atoms with E-state index in [1.165, 1.54) is 0 Å². The molecule has 216 valence electrons. The zero-order valence-electron chi connectivity index (χ0n) is 22.8. The molecule has 1 aromatic carbocycles. The van der Waals surface area contributed by atoms with E-state index < -0.39 is 18.7 Å². The first-order valence-corrected chi connectivity index (χ1v) is 14.2. The quantitative estimate of drug-likeness (QED) is 0.366. The van der Waals surface area contributed by atoms with E-state index in [4.69, 9.17) is 4.74 Å². The fourth-order valence-corrected chi connectivity index (χ4v) is 5.50. The third-order valence-corrected chi connectivity index (χ3v) is 7.76. The lowest BCUT2D eigenvalue weighted by molar-refractivity contribution is -0.138. The highest BCUT2D eigenvalue weighted by Crippen LogP contribution is 2.27. The van der Waals surface area contributed by atoms with Gasteiger partial charge in [-0.05, 0) is 80.4 Å². The van der Waals surface area contributed by atoms with Crippen molar-refractivity contribution in [1.29, 1.82) is 0 Å². The van der Waals surface area contributed by atoms with Crippen LogP contribution in [-0.2, 0) is 14.4 Å². The molecule has 2 atom stereocenters. The highest BCUT2D eigenvalue weighted by molar-refractivity contribution is 5.82. The number of nitrogens with one attached hydrogen (secondary N) is 2. The number of ether oxygens (including phenoxy) is 1. The number of aliphatic carboxylic acids is 1. The Morgan fingerprint density at radius 3 is 2.62 bits per heavy atom. The molecule has 0 aliphatic carbocycles. The van der Waals surface area contributed by atoms with Crippen molar-refractivity contribution in [3.05, 3.63) is 48.3 Å². The van der Waals surface area contributed by atoms with E-state index >= 15 is 0 Å². The Kier molecular flexibility index (Phi) is 10.9. The molecule has 10 heteroatoms. The Labute approximate surface area is 234 Å². The molecule has 0 bridgehead atoms. The van der Waals surface area contributed by atoms with Crippen LogP contribution in [0.1, 0.15) is 56.6 Å². The van der Waals surface area contributed by atoms with Gasteiger partial charge in [0.1, 0.15) is 19.0 Å². The number of alkyl halides is 1. The fraction of sp³-hybridized carbons (Fsp3) is 0.533. The van der Waals surface area contributed by atoms with Crippen molar-refractivity contribution in [2.24, 2.45) is 11.8 Å². The Balaban J connectivity index is 1.38. The minimum Gasteiger partial charge on any atom is -0.491 e. The summed E-state index contributed by atoms with van der Waals surface area (Å²) in [4.78, 5) is 44.0. The topological polar surface area (TPSA) is 121 Å². The number of carbonyl (C=O) groups excluding carboxylic acids is 2. The number of carbonyl (C=O) groups is 3. The average Bonchev–Trinajstić information content (AvgIpc) is 2.99. The van der Waals surface area contributed by atoms with Gasteiger partial charge in [0, 0.05) is 37.5 Å². The highest BCUT2D eigenvalue weighted by atomic mass is 18.2. The number of pyridine rings is 1. The van der Waals surface area contributed by atoms with E-state index in [-0.39, 0.29) is 30.8 Å². The summed E-state index contributed by atoms with van der Waals surface area (Å²) in [5, 5.41) is 15.8. The van der Waals surface area contributed by atoms with Crippen LogP contribution in [0.4, 0.5) is 4.39 Å². The molecule has 2 amide bonds. The second kappa shape index (κ2) is 14.7. The first-order chi connectivity index (χ1) is 19.4. The number of carboxylic acids is 1. The van der Waals surface area contributed by atoms with Crippen molar-refractivity contribution >= 4 is 17.8 Å². The molecule has 2 aliphatic heterocycles. The number of hydrogen-bond acceptors (Lipinski definition) is 6. The molecule has 0 unspecified atom stereocenters. The molecule has 9 nitrogen and oxygen atoms in total. The normalized spacial score (nSPS) is 18.6. The summed E-state index contributed by atoms with van der Waals surface area (Å²) in [5.41, 5.74) is 2.16. The van der Waals surface area contributed by atoms with Crippen LogP contribution in [0, 0.1) is 11.8 Å². The molecule has 4 rings (SSSR count). The van der Waals surface area contributed by atoms with Crippen molar-refractivity contribution < 1.29 is 28.6 Å². The van der Waals surface area contributed by atoms with Crippen LogP contribution in [0.5, 0.6) is 5.75 Å². The van der Waals surface area contributed by atoms with Gasteiger partial charge >= 0.3 is 5.97 Å². The van der Waals surface area contributed by atoms with Crippen LogP contribution in [-0.4, -0.2) is 72.2 Å². The molecule has 2 aromatic rings. The lowest BCUT2D eigenvalue weighted by atomic mass is 9.92. The summed E-state index contributed by atoms with van der Waals surface area (Å²) >= 11 is 0. The van der Waals surface area contributed by atoms with Crippen LogP contribution in [0.15, 0.2) is 42.7 Å². The van der Waals surface area contributed by atoms with Crippen LogP contribution in [0.25, 0.3) is 11.1 Å². The van der Waals surface area contributed by atoms with E-state index in [9.17, 15) is 23.9 Å². The summed E-state index contributed by atoms with van der Waals surface area (Å²) in [7, 11) is 0. The third kappa shape index (κ3) is 8.48. The zero-order chi connectivity index (χ0) is 28.3. The van der Waals surface area contributed by atoms with Crippen molar-refractivity contribution in [2.45, 2.75) is 51.0 Å². The minimum atomic E-state index is -1.04. The molecular weight excluding hydrogens is 514 g/mol. The Morgan fingerprint density at radius 1 is 1.12 bits per heavy atom. The third-order valence-electron chi connectivity index (χ3n) is 7.76. The van der Waals surface area contributed by atoms with E-state index in [0.29, 0.717) is 43.2 Å². The number of piperidine rings is 2. The first kappa shape index (κ1) is 29.5. The highest BCUT2D eigenvalue weighted by Gasteiger charge is 2.30. The van der Waals surface area contributed by atoms with E-state index in [2.05, 4.69) is 15.6 Å². The Bertz CT molecular complexity index is 1140. The lowest BCUT2D eigenvalue weighted by Gasteiger charge is -2.33. The van der Waals surface area contributed by atoms with E-state index in [0.717, 1.165) is 49.9 Å². The van der Waals surface area contributed by atoms with Gasteiger partial charge in [0.15, 0.2) is 0 Å². The maximum absolute atomic E-state index is 13.3. The molecular formula is C30H39FN4O5. The molecule has 0 spiro atoms. The van der Waals surface area contributed by atoms with Gasteiger partial charge in [0.05, 0.1) is 18.4 Å². The number of carboxylic acid groups (broad SMARTS) is 1. The van der Waals surface area contributed by atoms with Crippen molar-refractivity contribution in [2.75, 3.05) is 39.5 Å². The van der Waals surface area contributed by atoms with Crippen LogP contribution < -0.4 is 15.4 Å². The molecule has 0 radical (unpaired) electrons. The SMILES string of the molecule is O=C(O)C[C@H](NC(=O)[C@@H]1CCCN(C(=O)CCC2CCNCC2)C1)c1cncc(-c2ccc(OCC[18F])cc2)c1. The van der Waals surface area contributed by atoms with Gasteiger partial charge < -0.3 is 25.4 Å². The van der Waals surface area contributed by atoms with Crippen molar-refractivity contribution in [1.82, 2.24) is 20.5 Å². The van der Waals surface area contributed by atoms with Gasteiger partial charge in [-0.1, -0.05) is 12.1 Å². The van der Waals surface area contributed by atoms with Gasteiger partial charge in [0.25, 0.3) is 0 Å². The molecule has 1 aromatic heterocycles. The fourth-order valence-electron chi connectivity index (χ4n) is 5.50. The molecule has 3 N–H and O–H groups in total. The molecule has 0 saturated carbocycles. The molecule has 2 aliphatic rings. The van der Waals surface area contributed by atoms with E-state index in [1.807, 2.05) is 18.2 Å².